The SMILES string of the molecule is S=c1nc(Nc2ccc(Cl)cc2)c(-c2ccccc2)n[nH]1. The van der Waals surface area contributed by atoms with Crippen LogP contribution in [0.15, 0.2) is 54.6 Å². The van der Waals surface area contributed by atoms with Gasteiger partial charge in [0.15, 0.2) is 5.82 Å². The summed E-state index contributed by atoms with van der Waals surface area (Å²) in [5, 5.41) is 10.9. The first-order valence-electron chi connectivity index (χ1n) is 6.27. The van der Waals surface area contributed by atoms with Gasteiger partial charge in [-0.25, -0.2) is 0 Å². The summed E-state index contributed by atoms with van der Waals surface area (Å²) in [6.45, 7) is 0. The summed E-state index contributed by atoms with van der Waals surface area (Å²) in [7, 11) is 0. The minimum atomic E-state index is 0.325. The molecule has 0 aliphatic rings. The normalized spacial score (nSPS) is 10.3. The second-order valence-corrected chi connectivity index (χ2v) is 5.16. The van der Waals surface area contributed by atoms with Gasteiger partial charge in [-0.05, 0) is 36.5 Å². The summed E-state index contributed by atoms with van der Waals surface area (Å²) in [4.78, 5) is 4.32. The molecule has 0 saturated heterocycles. The fourth-order valence-corrected chi connectivity index (χ4v) is 2.15. The minimum absolute atomic E-state index is 0.325. The Hall–Kier alpha value is -2.24. The van der Waals surface area contributed by atoms with Crippen molar-refractivity contribution in [2.75, 3.05) is 5.32 Å². The summed E-state index contributed by atoms with van der Waals surface area (Å²) in [6, 6.07) is 17.1. The van der Waals surface area contributed by atoms with Gasteiger partial charge >= 0.3 is 0 Å². The number of aromatic amines is 1. The zero-order valence-corrected chi connectivity index (χ0v) is 12.4. The highest BCUT2D eigenvalue weighted by Gasteiger charge is 2.09. The van der Waals surface area contributed by atoms with Crippen LogP contribution in [0.2, 0.25) is 5.02 Å². The second-order valence-electron chi connectivity index (χ2n) is 4.34. The van der Waals surface area contributed by atoms with Crippen molar-refractivity contribution in [3.63, 3.8) is 0 Å². The maximum absolute atomic E-state index is 5.89. The second kappa shape index (κ2) is 6.03. The zero-order valence-electron chi connectivity index (χ0n) is 10.9. The van der Waals surface area contributed by atoms with Gasteiger partial charge in [-0.15, -0.1) is 0 Å². The molecule has 3 aromatic rings. The summed E-state index contributed by atoms with van der Waals surface area (Å²) in [5.74, 6) is 0.604. The molecule has 0 aliphatic carbocycles. The Morgan fingerprint density at radius 2 is 1.71 bits per heavy atom. The van der Waals surface area contributed by atoms with E-state index in [-0.39, 0.29) is 0 Å². The van der Waals surface area contributed by atoms with E-state index in [9.17, 15) is 0 Å². The molecule has 0 amide bonds. The molecule has 21 heavy (non-hydrogen) atoms. The highest BCUT2D eigenvalue weighted by atomic mass is 35.5. The van der Waals surface area contributed by atoms with Crippen LogP contribution in [0.1, 0.15) is 0 Å². The molecule has 1 heterocycles. The quantitative estimate of drug-likeness (QED) is 0.694. The number of anilines is 2. The number of nitrogens with zero attached hydrogens (tertiary/aromatic N) is 2. The van der Waals surface area contributed by atoms with Crippen LogP contribution in [0.4, 0.5) is 11.5 Å². The third kappa shape index (κ3) is 3.26. The molecule has 3 rings (SSSR count). The summed E-state index contributed by atoms with van der Waals surface area (Å²) in [5.41, 5.74) is 2.53. The van der Waals surface area contributed by atoms with Gasteiger partial charge in [-0.2, -0.15) is 10.1 Å². The minimum Gasteiger partial charge on any atom is -0.338 e. The fourth-order valence-electron chi connectivity index (χ4n) is 1.89. The molecule has 0 atom stereocenters. The van der Waals surface area contributed by atoms with Gasteiger partial charge in [0.05, 0.1) is 0 Å². The first kappa shape index (κ1) is 13.7. The lowest BCUT2D eigenvalue weighted by Crippen LogP contribution is -2.01. The molecule has 0 unspecified atom stereocenters. The van der Waals surface area contributed by atoms with Crippen molar-refractivity contribution < 1.29 is 0 Å². The van der Waals surface area contributed by atoms with Crippen LogP contribution in [0.5, 0.6) is 0 Å². The lowest BCUT2D eigenvalue weighted by Gasteiger charge is -2.10. The number of hydrogen-bond donors (Lipinski definition) is 2. The van der Waals surface area contributed by atoms with Crippen molar-refractivity contribution >= 4 is 35.3 Å². The predicted molar refractivity (Wildman–Crippen MR) is 87.4 cm³/mol. The van der Waals surface area contributed by atoms with Crippen LogP contribution in [0.25, 0.3) is 11.3 Å². The van der Waals surface area contributed by atoms with Crippen molar-refractivity contribution in [3.05, 3.63) is 64.4 Å². The van der Waals surface area contributed by atoms with E-state index in [1.54, 1.807) is 0 Å². The Kier molecular flexibility index (Phi) is 3.94. The zero-order chi connectivity index (χ0) is 14.7. The predicted octanol–water partition coefficient (Wildman–Crippen LogP) is 4.60. The molecule has 0 saturated carbocycles. The van der Waals surface area contributed by atoms with E-state index in [0.717, 1.165) is 11.3 Å². The molecular weight excluding hydrogens is 304 g/mol. The summed E-state index contributed by atoms with van der Waals surface area (Å²) < 4.78 is 0.325. The van der Waals surface area contributed by atoms with Gasteiger partial charge in [0.1, 0.15) is 5.69 Å². The lowest BCUT2D eigenvalue weighted by atomic mass is 10.1. The smallest absolute Gasteiger partial charge is 0.215 e. The Bertz CT molecular complexity index is 800. The third-order valence-electron chi connectivity index (χ3n) is 2.86. The van der Waals surface area contributed by atoms with E-state index < -0.39 is 0 Å². The number of H-pyrrole nitrogens is 1. The van der Waals surface area contributed by atoms with Crippen molar-refractivity contribution in [1.82, 2.24) is 15.2 Å². The van der Waals surface area contributed by atoms with Gasteiger partial charge in [0, 0.05) is 16.3 Å². The highest BCUT2D eigenvalue weighted by molar-refractivity contribution is 7.71. The van der Waals surface area contributed by atoms with E-state index in [2.05, 4.69) is 20.5 Å². The van der Waals surface area contributed by atoms with Crippen LogP contribution in [0, 0.1) is 4.77 Å². The van der Waals surface area contributed by atoms with E-state index >= 15 is 0 Å². The van der Waals surface area contributed by atoms with E-state index in [4.69, 9.17) is 23.8 Å². The number of aromatic nitrogens is 3. The standard InChI is InChI=1S/C15H11ClN4S/c16-11-6-8-12(9-7-11)17-14-13(19-20-15(21)18-14)10-4-2-1-3-5-10/h1-9H,(H2,17,18,20,21). The summed E-state index contributed by atoms with van der Waals surface area (Å²) in [6.07, 6.45) is 0. The molecule has 2 aromatic carbocycles. The maximum atomic E-state index is 5.89. The van der Waals surface area contributed by atoms with E-state index in [1.165, 1.54) is 0 Å². The van der Waals surface area contributed by atoms with Gasteiger partial charge in [-0.1, -0.05) is 41.9 Å². The van der Waals surface area contributed by atoms with Crippen LogP contribution >= 0.6 is 23.8 Å². The van der Waals surface area contributed by atoms with Crippen LogP contribution < -0.4 is 5.32 Å². The molecule has 104 valence electrons. The van der Waals surface area contributed by atoms with Gasteiger partial charge in [-0.3, -0.25) is 5.10 Å². The lowest BCUT2D eigenvalue weighted by molar-refractivity contribution is 0.960. The molecule has 0 spiro atoms. The number of benzene rings is 2. The van der Waals surface area contributed by atoms with Crippen molar-refractivity contribution in [1.29, 1.82) is 0 Å². The average molecular weight is 315 g/mol. The molecular formula is C15H11ClN4S. The van der Waals surface area contributed by atoms with E-state index in [0.29, 0.717) is 21.3 Å². The molecule has 2 N–H and O–H groups in total. The van der Waals surface area contributed by atoms with Crippen LogP contribution in [0.3, 0.4) is 0 Å². The number of rotatable bonds is 3. The molecule has 0 fully saturated rings. The topological polar surface area (TPSA) is 53.6 Å². The maximum Gasteiger partial charge on any atom is 0.215 e. The van der Waals surface area contributed by atoms with Gasteiger partial charge < -0.3 is 5.32 Å². The molecule has 0 aliphatic heterocycles. The fraction of sp³-hybridized carbons (Fsp3) is 0. The van der Waals surface area contributed by atoms with Crippen LogP contribution in [-0.2, 0) is 0 Å². The molecule has 6 heteroatoms. The average Bonchev–Trinajstić information content (AvgIpc) is 2.51. The Balaban J connectivity index is 2.03. The van der Waals surface area contributed by atoms with Crippen molar-refractivity contribution in [3.8, 4) is 11.3 Å². The molecule has 0 radical (unpaired) electrons. The van der Waals surface area contributed by atoms with E-state index in [1.807, 2.05) is 54.6 Å². The monoisotopic (exact) mass is 314 g/mol. The van der Waals surface area contributed by atoms with Crippen molar-refractivity contribution in [2.24, 2.45) is 0 Å². The summed E-state index contributed by atoms with van der Waals surface area (Å²) >= 11 is 10.9. The van der Waals surface area contributed by atoms with Crippen LogP contribution in [-0.4, -0.2) is 15.2 Å². The number of hydrogen-bond acceptors (Lipinski definition) is 4. The molecule has 0 bridgehead atoms. The van der Waals surface area contributed by atoms with Gasteiger partial charge in [0.25, 0.3) is 0 Å². The number of nitrogens with one attached hydrogen (secondary N) is 2. The Labute approximate surface area is 131 Å². The highest BCUT2D eigenvalue weighted by Crippen LogP contribution is 2.26. The first-order valence-corrected chi connectivity index (χ1v) is 7.06. The Morgan fingerprint density at radius 3 is 2.43 bits per heavy atom. The van der Waals surface area contributed by atoms with Gasteiger partial charge in [0.2, 0.25) is 4.77 Å². The molecule has 4 nitrogen and oxygen atoms in total. The molecule has 1 aromatic heterocycles. The number of halogens is 1. The Morgan fingerprint density at radius 1 is 1.00 bits per heavy atom. The van der Waals surface area contributed by atoms with Crippen molar-refractivity contribution in [2.45, 2.75) is 0 Å². The first-order chi connectivity index (χ1) is 10.2. The largest absolute Gasteiger partial charge is 0.338 e. The third-order valence-corrected chi connectivity index (χ3v) is 3.29.